The summed E-state index contributed by atoms with van der Waals surface area (Å²) in [6, 6.07) is 12.0. The smallest absolute Gasteiger partial charge is 0.340 e. The number of aromatic nitrogens is 1. The molecule has 0 saturated heterocycles. The Hall–Kier alpha value is -3.66. The second kappa shape index (κ2) is 10.5. The molecule has 0 aliphatic rings. The van der Waals surface area contributed by atoms with E-state index in [4.69, 9.17) is 4.74 Å². The van der Waals surface area contributed by atoms with E-state index in [0.29, 0.717) is 12.4 Å². The second-order valence-electron chi connectivity index (χ2n) is 6.02. The van der Waals surface area contributed by atoms with E-state index in [9.17, 15) is 14.9 Å². The molecule has 7 heteroatoms. The number of pyridine rings is 1. The summed E-state index contributed by atoms with van der Waals surface area (Å²) in [7, 11) is 0. The number of para-hydroxylation sites is 1. The monoisotopic (exact) mass is 378 g/mol. The van der Waals surface area contributed by atoms with Gasteiger partial charge < -0.3 is 15.4 Å². The van der Waals surface area contributed by atoms with Crippen molar-refractivity contribution in [2.24, 2.45) is 0 Å². The molecule has 144 valence electrons. The lowest BCUT2D eigenvalue weighted by atomic mass is 10.1. The lowest BCUT2D eigenvalue weighted by molar-refractivity contribution is -0.112. The third-order valence-electron chi connectivity index (χ3n) is 3.77. The molecule has 0 bridgehead atoms. The van der Waals surface area contributed by atoms with Gasteiger partial charge in [-0.15, -0.1) is 0 Å². The Labute approximate surface area is 164 Å². The molecule has 1 amide bonds. The minimum Gasteiger partial charge on any atom is -0.462 e. The van der Waals surface area contributed by atoms with E-state index in [0.717, 1.165) is 18.4 Å². The van der Waals surface area contributed by atoms with Gasteiger partial charge in [0.15, 0.2) is 0 Å². The Kier molecular flexibility index (Phi) is 7.73. The van der Waals surface area contributed by atoms with Crippen LogP contribution in [0.5, 0.6) is 0 Å². The molecule has 2 rings (SSSR count). The van der Waals surface area contributed by atoms with Crippen molar-refractivity contribution in [3.05, 3.63) is 65.5 Å². The molecule has 0 aliphatic carbocycles. The highest BCUT2D eigenvalue weighted by Crippen LogP contribution is 2.17. The number of nitrogens with zero attached hydrogens (tertiary/aromatic N) is 2. The number of hydrogen-bond acceptors (Lipinski definition) is 6. The van der Waals surface area contributed by atoms with Crippen molar-refractivity contribution < 1.29 is 14.3 Å². The van der Waals surface area contributed by atoms with E-state index in [2.05, 4.69) is 15.6 Å². The van der Waals surface area contributed by atoms with Gasteiger partial charge in [-0.2, -0.15) is 5.26 Å². The number of anilines is 2. The van der Waals surface area contributed by atoms with E-state index in [1.807, 2.05) is 26.0 Å². The van der Waals surface area contributed by atoms with Crippen LogP contribution in [0.2, 0.25) is 0 Å². The number of nitrogens with one attached hydrogen (secondary N) is 2. The van der Waals surface area contributed by atoms with Gasteiger partial charge in [-0.25, -0.2) is 9.78 Å². The van der Waals surface area contributed by atoms with Crippen molar-refractivity contribution in [2.45, 2.75) is 26.7 Å². The highest BCUT2D eigenvalue weighted by Gasteiger charge is 2.16. The van der Waals surface area contributed by atoms with Crippen LogP contribution < -0.4 is 10.6 Å². The van der Waals surface area contributed by atoms with Crippen LogP contribution in [0, 0.1) is 18.3 Å². The molecule has 1 aromatic heterocycles. The van der Waals surface area contributed by atoms with Crippen molar-refractivity contribution in [1.29, 1.82) is 5.26 Å². The lowest BCUT2D eigenvalue weighted by Crippen LogP contribution is -2.18. The fourth-order valence-corrected chi connectivity index (χ4v) is 2.26. The normalized spacial score (nSPS) is 10.7. The van der Waals surface area contributed by atoms with Gasteiger partial charge in [0.2, 0.25) is 0 Å². The van der Waals surface area contributed by atoms with Crippen molar-refractivity contribution in [3.8, 4) is 6.07 Å². The molecule has 0 fully saturated rings. The lowest BCUT2D eigenvalue weighted by Gasteiger charge is -2.10. The Morgan fingerprint density at radius 1 is 1.29 bits per heavy atom. The molecule has 0 aliphatic heterocycles. The van der Waals surface area contributed by atoms with E-state index in [1.54, 1.807) is 36.5 Å². The van der Waals surface area contributed by atoms with Gasteiger partial charge in [0.25, 0.3) is 5.91 Å². The maximum atomic E-state index is 12.5. The zero-order chi connectivity index (χ0) is 20.4. The molecule has 0 spiro atoms. The van der Waals surface area contributed by atoms with Crippen LogP contribution in [0.3, 0.4) is 0 Å². The van der Waals surface area contributed by atoms with Gasteiger partial charge in [-0.3, -0.25) is 4.79 Å². The quantitative estimate of drug-likeness (QED) is 0.313. The Bertz CT molecular complexity index is 916. The second-order valence-corrected chi connectivity index (χ2v) is 6.02. The van der Waals surface area contributed by atoms with Gasteiger partial charge in [0.1, 0.15) is 17.5 Å². The van der Waals surface area contributed by atoms with Crippen molar-refractivity contribution in [3.63, 3.8) is 0 Å². The Morgan fingerprint density at radius 3 is 2.79 bits per heavy atom. The van der Waals surface area contributed by atoms with E-state index in [1.165, 1.54) is 6.20 Å². The number of ether oxygens (including phenoxy) is 1. The number of aryl methyl sites for hydroxylation is 1. The summed E-state index contributed by atoms with van der Waals surface area (Å²) in [5.41, 5.74) is 1.35. The summed E-state index contributed by atoms with van der Waals surface area (Å²) in [4.78, 5) is 28.8. The Balaban J connectivity index is 2.11. The molecule has 0 radical (unpaired) electrons. The summed E-state index contributed by atoms with van der Waals surface area (Å²) in [5, 5.41) is 14.7. The summed E-state index contributed by atoms with van der Waals surface area (Å²) in [5.74, 6) is -0.647. The summed E-state index contributed by atoms with van der Waals surface area (Å²) in [6.07, 6.45) is 4.57. The SMILES string of the molecule is CCCCOC(=O)c1ccccc1NC(=O)/C(C#N)=C\Nc1cc(C)ccn1. The third kappa shape index (κ3) is 5.95. The third-order valence-corrected chi connectivity index (χ3v) is 3.77. The highest BCUT2D eigenvalue weighted by molar-refractivity contribution is 6.09. The van der Waals surface area contributed by atoms with Crippen LogP contribution in [-0.4, -0.2) is 23.5 Å². The number of rotatable bonds is 8. The average molecular weight is 378 g/mol. The predicted octanol–water partition coefficient (Wildman–Crippen LogP) is 3.81. The van der Waals surface area contributed by atoms with Gasteiger partial charge in [0.05, 0.1) is 17.9 Å². The number of amides is 1. The first kappa shape index (κ1) is 20.6. The first-order chi connectivity index (χ1) is 13.5. The van der Waals surface area contributed by atoms with Gasteiger partial charge in [-0.1, -0.05) is 25.5 Å². The van der Waals surface area contributed by atoms with Crippen LogP contribution in [-0.2, 0) is 9.53 Å². The summed E-state index contributed by atoms with van der Waals surface area (Å²) >= 11 is 0. The topological polar surface area (TPSA) is 104 Å². The first-order valence-corrected chi connectivity index (χ1v) is 8.92. The maximum Gasteiger partial charge on any atom is 0.340 e. The zero-order valence-corrected chi connectivity index (χ0v) is 15.9. The van der Waals surface area contributed by atoms with Crippen LogP contribution >= 0.6 is 0 Å². The molecule has 7 nitrogen and oxygen atoms in total. The number of benzene rings is 1. The van der Waals surface area contributed by atoms with E-state index < -0.39 is 11.9 Å². The zero-order valence-electron chi connectivity index (χ0n) is 15.9. The number of unbranched alkanes of at least 4 members (excludes halogenated alkanes) is 1. The van der Waals surface area contributed by atoms with Gasteiger partial charge in [-0.05, 0) is 43.2 Å². The number of esters is 1. The summed E-state index contributed by atoms with van der Waals surface area (Å²) < 4.78 is 5.20. The number of carbonyl (C=O) groups excluding carboxylic acids is 2. The highest BCUT2D eigenvalue weighted by atomic mass is 16.5. The molecule has 0 saturated carbocycles. The molecule has 1 aromatic carbocycles. The van der Waals surface area contributed by atoms with Crippen LogP contribution in [0.1, 0.15) is 35.7 Å². The molecular weight excluding hydrogens is 356 g/mol. The molecule has 1 heterocycles. The molecule has 2 aromatic rings. The number of nitriles is 1. The van der Waals surface area contributed by atoms with Crippen LogP contribution in [0.25, 0.3) is 0 Å². The van der Waals surface area contributed by atoms with Crippen molar-refractivity contribution >= 4 is 23.4 Å². The fraction of sp³-hybridized carbons (Fsp3) is 0.238. The van der Waals surface area contributed by atoms with E-state index >= 15 is 0 Å². The van der Waals surface area contributed by atoms with Crippen molar-refractivity contribution in [1.82, 2.24) is 4.98 Å². The van der Waals surface area contributed by atoms with Gasteiger partial charge >= 0.3 is 5.97 Å². The standard InChI is InChI=1S/C21H22N4O3/c1-3-4-11-28-21(27)17-7-5-6-8-18(17)25-20(26)16(13-22)14-24-19-12-15(2)9-10-23-19/h5-10,12,14H,3-4,11H2,1-2H3,(H,23,24)(H,25,26)/b16-14-. The van der Waals surface area contributed by atoms with E-state index in [-0.39, 0.29) is 16.8 Å². The molecule has 0 atom stereocenters. The predicted molar refractivity (Wildman–Crippen MR) is 107 cm³/mol. The van der Waals surface area contributed by atoms with Crippen molar-refractivity contribution in [2.75, 3.05) is 17.2 Å². The Morgan fingerprint density at radius 2 is 2.07 bits per heavy atom. The van der Waals surface area contributed by atoms with Crippen LogP contribution in [0.15, 0.2) is 54.4 Å². The summed E-state index contributed by atoms with van der Waals surface area (Å²) in [6.45, 7) is 4.22. The van der Waals surface area contributed by atoms with Gasteiger partial charge in [0, 0.05) is 12.4 Å². The molecular formula is C21H22N4O3. The minimum atomic E-state index is -0.642. The molecule has 2 N–H and O–H groups in total. The van der Waals surface area contributed by atoms with Crippen LogP contribution in [0.4, 0.5) is 11.5 Å². The minimum absolute atomic E-state index is 0.155. The maximum absolute atomic E-state index is 12.5. The molecule has 28 heavy (non-hydrogen) atoms. The average Bonchev–Trinajstić information content (AvgIpc) is 2.69. The largest absolute Gasteiger partial charge is 0.462 e. The molecule has 0 unspecified atom stereocenters. The number of carbonyl (C=O) groups is 2. The number of hydrogen-bond donors (Lipinski definition) is 2. The fourth-order valence-electron chi connectivity index (χ4n) is 2.26. The first-order valence-electron chi connectivity index (χ1n) is 8.92.